The van der Waals surface area contributed by atoms with Gasteiger partial charge in [0.15, 0.2) is 12.3 Å². The van der Waals surface area contributed by atoms with Crippen LogP contribution in [0.3, 0.4) is 0 Å². The van der Waals surface area contributed by atoms with Gasteiger partial charge in [-0.1, -0.05) is 24.3 Å². The summed E-state index contributed by atoms with van der Waals surface area (Å²) in [4.78, 5) is 0. The molecule has 2 atom stereocenters. The van der Waals surface area contributed by atoms with Crippen LogP contribution in [0, 0.1) is 0 Å². The molecule has 0 aromatic heterocycles. The van der Waals surface area contributed by atoms with Crippen molar-refractivity contribution in [3.8, 4) is 0 Å². The highest BCUT2D eigenvalue weighted by molar-refractivity contribution is 5.28. The van der Waals surface area contributed by atoms with Gasteiger partial charge in [0.25, 0.3) is 0 Å². The molecule has 0 aliphatic carbocycles. The van der Waals surface area contributed by atoms with Gasteiger partial charge < -0.3 is 0 Å². The van der Waals surface area contributed by atoms with Crippen molar-refractivity contribution in [1.82, 2.24) is 0 Å². The molecule has 0 aliphatic rings. The Morgan fingerprint density at radius 2 is 0.708 bits per heavy atom. The molecule has 0 saturated carbocycles. The summed E-state index contributed by atoms with van der Waals surface area (Å²) in [7, 11) is 0. The summed E-state index contributed by atoms with van der Waals surface area (Å²) in [6.07, 6.45) is -20.4. The van der Waals surface area contributed by atoms with E-state index in [9.17, 15) is 52.7 Å². The fraction of sp³-hybridized carbons (Fsp3) is 0.500. The Hall–Kier alpha value is -1.62. The van der Waals surface area contributed by atoms with Gasteiger partial charge in [0.2, 0.25) is 0 Å². The van der Waals surface area contributed by atoms with Crippen LogP contribution in [-0.2, 0) is 0 Å². The third-order valence-corrected chi connectivity index (χ3v) is 2.91. The van der Waals surface area contributed by atoms with Crippen molar-refractivity contribution in [3.63, 3.8) is 0 Å². The first-order valence-electron chi connectivity index (χ1n) is 5.80. The van der Waals surface area contributed by atoms with Crippen LogP contribution in [-0.4, -0.2) is 24.2 Å². The molecule has 0 aliphatic heterocycles. The van der Waals surface area contributed by atoms with Crippen molar-refractivity contribution in [2.75, 3.05) is 0 Å². The zero-order chi connectivity index (χ0) is 19.1. The van der Waals surface area contributed by atoms with E-state index >= 15 is 0 Å². The molecule has 0 bridgehead atoms. The standard InChI is InChI=1S/C12H6F12/c13-7(9(15,16)11(19,20)21)5-1-2-6(4-3-5)8(14)10(17,18)12(22,23)24/h1-4,7-8H. The van der Waals surface area contributed by atoms with E-state index in [1.807, 2.05) is 0 Å². The van der Waals surface area contributed by atoms with Crippen LogP contribution in [0.25, 0.3) is 0 Å². The van der Waals surface area contributed by atoms with Gasteiger partial charge in [-0.2, -0.15) is 43.9 Å². The van der Waals surface area contributed by atoms with Crippen molar-refractivity contribution < 1.29 is 52.7 Å². The molecule has 0 N–H and O–H groups in total. The molecule has 0 heterocycles. The predicted octanol–water partition coefficient (Wildman–Crippen LogP) is 6.10. The fourth-order valence-electron chi connectivity index (χ4n) is 1.54. The van der Waals surface area contributed by atoms with E-state index < -0.39 is 47.7 Å². The van der Waals surface area contributed by atoms with Crippen LogP contribution in [0.2, 0.25) is 0 Å². The number of halogens is 12. The molecule has 0 saturated heterocycles. The zero-order valence-corrected chi connectivity index (χ0v) is 11.0. The molecule has 12 heteroatoms. The topological polar surface area (TPSA) is 0 Å². The van der Waals surface area contributed by atoms with Gasteiger partial charge in [0.1, 0.15) is 0 Å². The smallest absolute Gasteiger partial charge is 0.235 e. The quantitative estimate of drug-likeness (QED) is 0.555. The molecule has 24 heavy (non-hydrogen) atoms. The summed E-state index contributed by atoms with van der Waals surface area (Å²) in [5, 5.41) is 0. The van der Waals surface area contributed by atoms with Crippen LogP contribution < -0.4 is 0 Å². The molecular formula is C12H6F12. The summed E-state index contributed by atoms with van der Waals surface area (Å²) >= 11 is 0. The first kappa shape index (κ1) is 20.4. The van der Waals surface area contributed by atoms with E-state index in [2.05, 4.69) is 0 Å². The minimum absolute atomic E-state index is 0.0681. The maximum atomic E-state index is 13.3. The summed E-state index contributed by atoms with van der Waals surface area (Å²) in [5.74, 6) is -11.7. The third kappa shape index (κ3) is 3.56. The maximum absolute atomic E-state index is 13.3. The highest BCUT2D eigenvalue weighted by Gasteiger charge is 2.64. The zero-order valence-electron chi connectivity index (χ0n) is 11.0. The van der Waals surface area contributed by atoms with Crippen LogP contribution in [0.15, 0.2) is 24.3 Å². The Morgan fingerprint density at radius 3 is 0.875 bits per heavy atom. The summed E-state index contributed by atoms with van der Waals surface area (Å²) < 4.78 is 150. The Labute approximate surface area is 126 Å². The molecular weight excluding hydrogens is 372 g/mol. The molecule has 0 fully saturated rings. The molecule has 0 spiro atoms. The van der Waals surface area contributed by atoms with E-state index in [1.54, 1.807) is 0 Å². The van der Waals surface area contributed by atoms with Crippen molar-refractivity contribution >= 4 is 0 Å². The van der Waals surface area contributed by atoms with Crippen molar-refractivity contribution in [2.45, 2.75) is 36.5 Å². The average molecular weight is 378 g/mol. The molecule has 1 rings (SSSR count). The number of benzene rings is 1. The highest BCUT2D eigenvalue weighted by atomic mass is 19.4. The fourth-order valence-corrected chi connectivity index (χ4v) is 1.54. The highest BCUT2D eigenvalue weighted by Crippen LogP contribution is 2.48. The third-order valence-electron chi connectivity index (χ3n) is 2.91. The second-order valence-corrected chi connectivity index (χ2v) is 4.63. The number of rotatable bonds is 4. The van der Waals surface area contributed by atoms with Gasteiger partial charge in [0.05, 0.1) is 0 Å². The molecule has 2 unspecified atom stereocenters. The summed E-state index contributed by atoms with van der Waals surface area (Å²) in [5.41, 5.74) is -2.74. The van der Waals surface area contributed by atoms with Gasteiger partial charge in [0, 0.05) is 0 Å². The first-order chi connectivity index (χ1) is 10.5. The minimum Gasteiger partial charge on any atom is -0.235 e. The molecule has 0 nitrogen and oxygen atoms in total. The summed E-state index contributed by atoms with van der Waals surface area (Å²) in [6, 6.07) is 0.273. The largest absolute Gasteiger partial charge is 0.456 e. The van der Waals surface area contributed by atoms with E-state index in [-0.39, 0.29) is 24.3 Å². The van der Waals surface area contributed by atoms with Crippen LogP contribution >= 0.6 is 0 Å². The number of alkyl halides is 12. The van der Waals surface area contributed by atoms with E-state index in [4.69, 9.17) is 0 Å². The normalized spacial score (nSPS) is 16.8. The van der Waals surface area contributed by atoms with E-state index in [0.717, 1.165) is 0 Å². The van der Waals surface area contributed by atoms with Crippen molar-refractivity contribution in [1.29, 1.82) is 0 Å². The van der Waals surface area contributed by atoms with Crippen LogP contribution in [0.1, 0.15) is 23.5 Å². The molecule has 0 radical (unpaired) electrons. The van der Waals surface area contributed by atoms with Gasteiger partial charge in [-0.3, -0.25) is 0 Å². The van der Waals surface area contributed by atoms with E-state index in [0.29, 0.717) is 0 Å². The van der Waals surface area contributed by atoms with Gasteiger partial charge in [-0.25, -0.2) is 8.78 Å². The molecule has 1 aromatic rings. The molecule has 0 amide bonds. The van der Waals surface area contributed by atoms with E-state index in [1.165, 1.54) is 0 Å². The minimum atomic E-state index is -6.27. The Morgan fingerprint density at radius 1 is 0.500 bits per heavy atom. The Bertz CT molecular complexity index is 502. The average Bonchev–Trinajstić information content (AvgIpc) is 2.43. The Balaban J connectivity index is 3.10. The van der Waals surface area contributed by atoms with Gasteiger partial charge >= 0.3 is 24.2 Å². The number of hydrogen-bond acceptors (Lipinski definition) is 0. The summed E-state index contributed by atoms with van der Waals surface area (Å²) in [6.45, 7) is 0. The van der Waals surface area contributed by atoms with Crippen molar-refractivity contribution in [3.05, 3.63) is 35.4 Å². The second kappa shape index (κ2) is 6.03. The maximum Gasteiger partial charge on any atom is 0.456 e. The van der Waals surface area contributed by atoms with Crippen LogP contribution in [0.5, 0.6) is 0 Å². The van der Waals surface area contributed by atoms with Gasteiger partial charge in [-0.15, -0.1) is 0 Å². The predicted molar refractivity (Wildman–Crippen MR) is 56.1 cm³/mol. The van der Waals surface area contributed by atoms with Crippen LogP contribution in [0.4, 0.5) is 52.7 Å². The van der Waals surface area contributed by atoms with Gasteiger partial charge in [-0.05, 0) is 11.1 Å². The second-order valence-electron chi connectivity index (χ2n) is 4.63. The molecule has 138 valence electrons. The lowest BCUT2D eigenvalue weighted by molar-refractivity contribution is -0.305. The Kier molecular flexibility index (Phi) is 5.13. The van der Waals surface area contributed by atoms with Crippen molar-refractivity contribution in [2.24, 2.45) is 0 Å². The first-order valence-corrected chi connectivity index (χ1v) is 5.80. The number of hydrogen-bond donors (Lipinski definition) is 0. The SMILES string of the molecule is FC(c1ccc(C(F)C(F)(F)C(F)(F)F)cc1)C(F)(F)C(F)(F)F. The lowest BCUT2D eigenvalue weighted by Crippen LogP contribution is -2.41. The molecule has 1 aromatic carbocycles. The lowest BCUT2D eigenvalue weighted by Gasteiger charge is -2.25. The lowest BCUT2D eigenvalue weighted by atomic mass is 9.99. The monoisotopic (exact) mass is 378 g/mol.